The number of rotatable bonds is 5. The lowest BCUT2D eigenvalue weighted by Crippen LogP contribution is -2.20. The van der Waals surface area contributed by atoms with E-state index in [-0.39, 0.29) is 0 Å². The number of ether oxygens (including phenoxy) is 1. The summed E-state index contributed by atoms with van der Waals surface area (Å²) in [7, 11) is 0. The molecule has 138 valence electrons. The highest BCUT2D eigenvalue weighted by Gasteiger charge is 2.36. The van der Waals surface area contributed by atoms with Crippen molar-refractivity contribution in [3.63, 3.8) is 0 Å². The van der Waals surface area contributed by atoms with E-state index in [9.17, 15) is 30.7 Å². The first kappa shape index (κ1) is 20.7. The van der Waals surface area contributed by atoms with Gasteiger partial charge in [0.2, 0.25) is 0 Å². The van der Waals surface area contributed by atoms with Gasteiger partial charge < -0.3 is 10.5 Å². The highest BCUT2D eigenvalue weighted by molar-refractivity contribution is 5.37. The van der Waals surface area contributed by atoms with Crippen molar-refractivity contribution in [1.29, 1.82) is 0 Å². The summed E-state index contributed by atoms with van der Waals surface area (Å²) in [6.07, 6.45) is -7.71. The Labute approximate surface area is 138 Å². The van der Waals surface area contributed by atoms with Crippen LogP contribution in [-0.4, -0.2) is 11.3 Å². The van der Waals surface area contributed by atoms with Crippen molar-refractivity contribution in [3.8, 4) is 0 Å². The van der Waals surface area contributed by atoms with Gasteiger partial charge >= 0.3 is 12.5 Å². The van der Waals surface area contributed by atoms with Crippen molar-refractivity contribution in [2.24, 2.45) is 5.73 Å². The highest BCUT2D eigenvalue weighted by atomic mass is 19.4. The average Bonchev–Trinajstić information content (AvgIpc) is 2.49. The van der Waals surface area contributed by atoms with Gasteiger partial charge in [-0.15, -0.1) is 13.2 Å². The number of alkyl halides is 6. The molecular weight excluding hydrogens is 357 g/mol. The number of allylic oxidation sites excluding steroid dienone is 2. The van der Waals surface area contributed by atoms with Crippen molar-refractivity contribution in [1.82, 2.24) is 4.98 Å². The van der Waals surface area contributed by atoms with Gasteiger partial charge in [0.15, 0.2) is 11.6 Å². The van der Waals surface area contributed by atoms with Gasteiger partial charge in [0.05, 0.1) is 17.3 Å². The first-order chi connectivity index (χ1) is 11.4. The lowest BCUT2D eigenvalue weighted by molar-refractivity contribution is -0.304. The smallest absolute Gasteiger partial charge is 0.403 e. The maximum absolute atomic E-state index is 13.9. The van der Waals surface area contributed by atoms with E-state index in [4.69, 9.17) is 5.73 Å². The third kappa shape index (κ3) is 5.89. The molecule has 2 N–H and O–H groups in total. The zero-order valence-electron chi connectivity index (χ0n) is 12.7. The van der Waals surface area contributed by atoms with Crippen LogP contribution < -0.4 is 5.73 Å². The molecule has 0 spiro atoms. The number of nitrogens with two attached hydrogens (primary N) is 1. The second kappa shape index (κ2) is 7.68. The fraction of sp³-hybridized carbons (Fsp3) is 0.267. The molecule has 0 fully saturated rings. The zero-order valence-corrected chi connectivity index (χ0v) is 12.7. The maximum Gasteiger partial charge on any atom is 0.573 e. The lowest BCUT2D eigenvalue weighted by Gasteiger charge is -2.18. The molecule has 0 unspecified atom stereocenters. The van der Waals surface area contributed by atoms with Crippen LogP contribution in [0.25, 0.3) is 0 Å². The Kier molecular flexibility index (Phi) is 6.36. The second-order valence-corrected chi connectivity index (χ2v) is 4.68. The Hall–Kier alpha value is -2.36. The second-order valence-electron chi connectivity index (χ2n) is 4.68. The van der Waals surface area contributed by atoms with E-state index in [1.54, 1.807) is 0 Å². The maximum atomic E-state index is 13.9. The summed E-state index contributed by atoms with van der Waals surface area (Å²) in [5.74, 6) is -2.66. The van der Waals surface area contributed by atoms with E-state index in [1.165, 1.54) is 0 Å². The first-order valence-corrected chi connectivity index (χ1v) is 6.63. The van der Waals surface area contributed by atoms with Crippen LogP contribution in [0, 0.1) is 0 Å². The molecule has 0 aliphatic carbocycles. The summed E-state index contributed by atoms with van der Waals surface area (Å²) in [4.78, 5) is 3.51. The van der Waals surface area contributed by atoms with Crippen molar-refractivity contribution >= 4 is 0 Å². The van der Waals surface area contributed by atoms with Gasteiger partial charge in [-0.3, -0.25) is 4.98 Å². The SMILES string of the molecule is C=C(/C=C(F)\C(=C/C)OC(F)(F)F)[C@H](N)c1ncccc1C(F)(F)F. The van der Waals surface area contributed by atoms with Crippen LogP contribution in [0.1, 0.15) is 24.2 Å². The summed E-state index contributed by atoms with van der Waals surface area (Å²) in [6.45, 7) is 4.38. The van der Waals surface area contributed by atoms with Gasteiger partial charge in [-0.2, -0.15) is 13.2 Å². The van der Waals surface area contributed by atoms with E-state index in [0.29, 0.717) is 12.2 Å². The van der Waals surface area contributed by atoms with Crippen LogP contribution in [0.5, 0.6) is 0 Å². The topological polar surface area (TPSA) is 48.1 Å². The molecule has 0 aliphatic rings. The lowest BCUT2D eigenvalue weighted by atomic mass is 10.0. The Morgan fingerprint density at radius 1 is 1.28 bits per heavy atom. The van der Waals surface area contributed by atoms with Crippen LogP contribution in [0.2, 0.25) is 0 Å². The zero-order chi connectivity index (χ0) is 19.4. The molecule has 1 aromatic heterocycles. The molecule has 0 bridgehead atoms. The predicted octanol–water partition coefficient (Wildman–Crippen LogP) is 4.95. The minimum absolute atomic E-state index is 0.424. The first-order valence-electron chi connectivity index (χ1n) is 6.63. The Balaban J connectivity index is 3.12. The van der Waals surface area contributed by atoms with Gasteiger partial charge in [0, 0.05) is 6.20 Å². The number of hydrogen-bond acceptors (Lipinski definition) is 3. The van der Waals surface area contributed by atoms with Crippen molar-refractivity contribution in [2.45, 2.75) is 25.5 Å². The molecular formula is C15H13F7N2O. The minimum Gasteiger partial charge on any atom is -0.403 e. The Morgan fingerprint density at radius 2 is 1.88 bits per heavy atom. The standard InChI is InChI=1S/C15H13F7N2O/c1-3-11(25-15(20,21)22)10(16)7-8(2)12(23)13-9(14(17,18)19)5-4-6-24-13/h3-7,12H,2,23H2,1H3/b10-7+,11-3+/t12-/m0/s1. The molecule has 1 heterocycles. The minimum atomic E-state index is -5.14. The fourth-order valence-corrected chi connectivity index (χ4v) is 1.77. The van der Waals surface area contributed by atoms with Gasteiger partial charge in [0.1, 0.15) is 0 Å². The molecule has 1 rings (SSSR count). The largest absolute Gasteiger partial charge is 0.573 e. The van der Waals surface area contributed by atoms with Crippen LogP contribution in [0.4, 0.5) is 30.7 Å². The number of aromatic nitrogens is 1. The van der Waals surface area contributed by atoms with Crippen LogP contribution in [0.3, 0.4) is 0 Å². The summed E-state index contributed by atoms with van der Waals surface area (Å²) < 4.78 is 92.6. The molecule has 1 atom stereocenters. The number of nitrogens with zero attached hydrogens (tertiary/aromatic N) is 1. The molecule has 0 amide bonds. The van der Waals surface area contributed by atoms with Crippen LogP contribution >= 0.6 is 0 Å². The van der Waals surface area contributed by atoms with Gasteiger partial charge in [-0.05, 0) is 36.8 Å². The van der Waals surface area contributed by atoms with E-state index >= 15 is 0 Å². The average molecular weight is 370 g/mol. The number of halogens is 7. The van der Waals surface area contributed by atoms with E-state index in [2.05, 4.69) is 16.3 Å². The third-order valence-electron chi connectivity index (χ3n) is 2.87. The van der Waals surface area contributed by atoms with Crippen molar-refractivity contribution < 1.29 is 35.5 Å². The molecule has 0 radical (unpaired) electrons. The van der Waals surface area contributed by atoms with Crippen LogP contribution in [-0.2, 0) is 10.9 Å². The fourth-order valence-electron chi connectivity index (χ4n) is 1.77. The summed E-state index contributed by atoms with van der Waals surface area (Å²) in [6, 6.07) is 0.167. The summed E-state index contributed by atoms with van der Waals surface area (Å²) in [5, 5.41) is 0. The number of hydrogen-bond donors (Lipinski definition) is 1. The molecule has 0 saturated heterocycles. The Morgan fingerprint density at radius 3 is 2.36 bits per heavy atom. The molecule has 3 nitrogen and oxygen atoms in total. The number of pyridine rings is 1. The van der Waals surface area contributed by atoms with E-state index in [0.717, 1.165) is 25.3 Å². The van der Waals surface area contributed by atoms with Gasteiger partial charge in [-0.1, -0.05) is 6.58 Å². The molecule has 0 saturated carbocycles. The van der Waals surface area contributed by atoms with Crippen LogP contribution in [0.15, 0.2) is 54.2 Å². The molecule has 10 heteroatoms. The van der Waals surface area contributed by atoms with E-state index < -0.39 is 47.0 Å². The quantitative estimate of drug-likeness (QED) is 0.453. The summed E-state index contributed by atoms with van der Waals surface area (Å²) >= 11 is 0. The van der Waals surface area contributed by atoms with E-state index in [1.807, 2.05) is 0 Å². The van der Waals surface area contributed by atoms with Gasteiger partial charge in [-0.25, -0.2) is 4.39 Å². The monoisotopic (exact) mass is 370 g/mol. The van der Waals surface area contributed by atoms with Gasteiger partial charge in [0.25, 0.3) is 0 Å². The van der Waals surface area contributed by atoms with Crippen molar-refractivity contribution in [2.75, 3.05) is 0 Å². The Bertz CT molecular complexity index is 690. The normalized spacial score (nSPS) is 15.1. The molecule has 25 heavy (non-hydrogen) atoms. The predicted molar refractivity (Wildman–Crippen MR) is 75.4 cm³/mol. The summed E-state index contributed by atoms with van der Waals surface area (Å²) in [5.41, 5.74) is 3.38. The molecule has 1 aromatic rings. The molecule has 0 aromatic carbocycles. The van der Waals surface area contributed by atoms with Crippen molar-refractivity contribution in [3.05, 3.63) is 65.5 Å². The highest BCUT2D eigenvalue weighted by Crippen LogP contribution is 2.35. The third-order valence-corrected chi connectivity index (χ3v) is 2.87. The molecule has 0 aliphatic heterocycles.